The summed E-state index contributed by atoms with van der Waals surface area (Å²) in [5, 5.41) is 8.19. The molecule has 1 fully saturated rings. The Kier molecular flexibility index (Phi) is 8.55. The van der Waals surface area contributed by atoms with Gasteiger partial charge in [-0.2, -0.15) is 4.31 Å². The zero-order chi connectivity index (χ0) is 24.2. The Balaban J connectivity index is 1.72. The molecule has 2 atom stereocenters. The minimum atomic E-state index is -3.65. The Hall–Kier alpha value is -1.94. The van der Waals surface area contributed by atoms with E-state index in [9.17, 15) is 18.0 Å². The van der Waals surface area contributed by atoms with Crippen molar-refractivity contribution in [2.24, 2.45) is 11.8 Å². The maximum Gasteiger partial charge on any atom is 0.262 e. The van der Waals surface area contributed by atoms with Gasteiger partial charge in [0.2, 0.25) is 15.9 Å². The number of amides is 2. The highest BCUT2D eigenvalue weighted by molar-refractivity contribution is 7.89. The topological polar surface area (TPSA) is 95.6 Å². The summed E-state index contributed by atoms with van der Waals surface area (Å²) < 4.78 is 27.4. The molecule has 0 unspecified atom stereocenters. The van der Waals surface area contributed by atoms with Crippen molar-refractivity contribution in [1.29, 1.82) is 0 Å². The van der Waals surface area contributed by atoms with Gasteiger partial charge < -0.3 is 10.6 Å². The number of carbonyl (C=O) groups excluding carboxylic acids is 2. The molecule has 1 saturated heterocycles. The highest BCUT2D eigenvalue weighted by Crippen LogP contribution is 2.27. The van der Waals surface area contributed by atoms with Gasteiger partial charge >= 0.3 is 0 Å². The van der Waals surface area contributed by atoms with Gasteiger partial charge in [-0.05, 0) is 67.3 Å². The maximum absolute atomic E-state index is 13.1. The summed E-state index contributed by atoms with van der Waals surface area (Å²) in [6, 6.07) is 8.81. The largest absolute Gasteiger partial charge is 0.352 e. The summed E-state index contributed by atoms with van der Waals surface area (Å²) in [4.78, 5) is 26.6. The second-order valence-electron chi connectivity index (χ2n) is 8.67. The molecule has 0 radical (unpaired) electrons. The van der Waals surface area contributed by atoms with Crippen LogP contribution < -0.4 is 10.6 Å². The molecule has 1 aliphatic heterocycles. The fourth-order valence-electron chi connectivity index (χ4n) is 3.70. The molecule has 180 valence electrons. The van der Waals surface area contributed by atoms with Gasteiger partial charge in [0, 0.05) is 24.2 Å². The first kappa shape index (κ1) is 25.7. The van der Waals surface area contributed by atoms with E-state index in [1.54, 1.807) is 24.3 Å². The third-order valence-electron chi connectivity index (χ3n) is 6.11. The first-order valence-corrected chi connectivity index (χ1v) is 13.7. The monoisotopic (exact) mass is 511 g/mol. The summed E-state index contributed by atoms with van der Waals surface area (Å²) in [5.41, 5.74) is 0. The van der Waals surface area contributed by atoms with Gasteiger partial charge in [0.05, 0.1) is 9.77 Å². The molecule has 2 heterocycles. The zero-order valence-corrected chi connectivity index (χ0v) is 21.3. The molecule has 0 saturated carbocycles. The van der Waals surface area contributed by atoms with Gasteiger partial charge in [0.15, 0.2) is 0 Å². The van der Waals surface area contributed by atoms with Gasteiger partial charge in [0.25, 0.3) is 5.91 Å². The Bertz CT molecular complexity index is 1050. The number of thiophene rings is 1. The molecule has 2 N–H and O–H groups in total. The first-order chi connectivity index (χ1) is 15.6. The lowest BCUT2D eigenvalue weighted by Gasteiger charge is -2.35. The minimum absolute atomic E-state index is 0.0518. The van der Waals surface area contributed by atoms with E-state index >= 15 is 0 Å². The molecule has 2 aromatic rings. The smallest absolute Gasteiger partial charge is 0.262 e. The molecular weight excluding hydrogens is 482 g/mol. The number of hydrogen-bond acceptors (Lipinski definition) is 5. The predicted octanol–water partition coefficient (Wildman–Crippen LogP) is 3.76. The van der Waals surface area contributed by atoms with Crippen molar-refractivity contribution in [2.45, 2.75) is 50.6 Å². The van der Waals surface area contributed by atoms with Gasteiger partial charge in [-0.15, -0.1) is 11.3 Å². The third kappa shape index (κ3) is 6.35. The van der Waals surface area contributed by atoms with Crippen molar-refractivity contribution in [3.8, 4) is 0 Å². The molecular formula is C23H30ClN3O4S2. The van der Waals surface area contributed by atoms with Crippen molar-refractivity contribution >= 4 is 44.8 Å². The molecule has 1 aliphatic rings. The maximum atomic E-state index is 13.1. The van der Waals surface area contributed by atoms with Crippen LogP contribution in [0.2, 0.25) is 5.02 Å². The van der Waals surface area contributed by atoms with E-state index in [-0.39, 0.29) is 47.7 Å². The summed E-state index contributed by atoms with van der Waals surface area (Å²) in [7, 11) is -3.65. The molecule has 10 heteroatoms. The normalized spacial score (nSPS) is 17.5. The van der Waals surface area contributed by atoms with Crippen LogP contribution in [0.4, 0.5) is 0 Å². The van der Waals surface area contributed by atoms with Gasteiger partial charge in [0.1, 0.15) is 6.04 Å². The Morgan fingerprint density at radius 1 is 1.06 bits per heavy atom. The molecule has 0 bridgehead atoms. The minimum Gasteiger partial charge on any atom is -0.352 e. The Morgan fingerprint density at radius 3 is 2.24 bits per heavy atom. The fraction of sp³-hybridized carbons (Fsp3) is 0.478. The number of piperidine rings is 1. The number of carbonyl (C=O) groups is 2. The number of benzene rings is 1. The van der Waals surface area contributed by atoms with Gasteiger partial charge in [-0.3, -0.25) is 9.59 Å². The molecule has 3 rings (SSSR count). The van der Waals surface area contributed by atoms with E-state index in [0.717, 1.165) is 0 Å². The number of rotatable bonds is 8. The van der Waals surface area contributed by atoms with Crippen molar-refractivity contribution in [3.63, 3.8) is 0 Å². The number of hydrogen-bond donors (Lipinski definition) is 2. The highest BCUT2D eigenvalue weighted by Gasteiger charge is 2.37. The number of sulfonamides is 1. The molecule has 1 aromatic heterocycles. The van der Waals surface area contributed by atoms with Crippen LogP contribution in [0.3, 0.4) is 0 Å². The van der Waals surface area contributed by atoms with E-state index in [1.165, 1.54) is 27.8 Å². The summed E-state index contributed by atoms with van der Waals surface area (Å²) >= 11 is 7.20. The highest BCUT2D eigenvalue weighted by atomic mass is 35.5. The lowest BCUT2D eigenvalue weighted by Crippen LogP contribution is -2.55. The molecule has 2 amide bonds. The van der Waals surface area contributed by atoms with Crippen molar-refractivity contribution in [1.82, 2.24) is 14.9 Å². The second kappa shape index (κ2) is 11.0. The van der Waals surface area contributed by atoms with Crippen molar-refractivity contribution in [3.05, 3.63) is 51.7 Å². The molecule has 1 aromatic carbocycles. The second-order valence-corrected chi connectivity index (χ2v) is 12.0. The van der Waals surface area contributed by atoms with Crippen LogP contribution in [0.25, 0.3) is 0 Å². The van der Waals surface area contributed by atoms with E-state index in [0.29, 0.717) is 22.7 Å². The number of nitrogens with one attached hydrogen (secondary N) is 2. The SMILES string of the molecule is CC(C)[C@H](C)NC(=O)[C@@H](NC(=O)c1cccs1)C1CCN(S(=O)(=O)c2ccc(Cl)cc2)CC1. The molecule has 33 heavy (non-hydrogen) atoms. The number of halogens is 1. The fourth-order valence-corrected chi connectivity index (χ4v) is 5.93. The molecule has 7 nitrogen and oxygen atoms in total. The number of nitrogens with zero attached hydrogens (tertiary/aromatic N) is 1. The predicted molar refractivity (Wildman–Crippen MR) is 131 cm³/mol. The Morgan fingerprint density at radius 2 is 1.70 bits per heavy atom. The van der Waals surface area contributed by atoms with Gasteiger partial charge in [-0.1, -0.05) is 31.5 Å². The van der Waals surface area contributed by atoms with E-state index in [1.807, 2.05) is 26.2 Å². The zero-order valence-electron chi connectivity index (χ0n) is 19.0. The van der Waals surface area contributed by atoms with E-state index in [2.05, 4.69) is 10.6 Å². The van der Waals surface area contributed by atoms with Crippen LogP contribution >= 0.6 is 22.9 Å². The van der Waals surface area contributed by atoms with Crippen molar-refractivity contribution < 1.29 is 18.0 Å². The summed E-state index contributed by atoms with van der Waals surface area (Å²) in [6.45, 7) is 6.51. The van der Waals surface area contributed by atoms with Crippen LogP contribution in [0, 0.1) is 11.8 Å². The van der Waals surface area contributed by atoms with Crippen LogP contribution in [-0.2, 0) is 14.8 Å². The van der Waals surface area contributed by atoms with Crippen LogP contribution in [-0.4, -0.2) is 49.7 Å². The van der Waals surface area contributed by atoms with Crippen LogP contribution in [0.5, 0.6) is 0 Å². The standard InChI is InChI=1S/C23H30ClN3O4S2/c1-15(2)16(3)25-23(29)21(26-22(28)20-5-4-14-32-20)17-10-12-27(13-11-17)33(30,31)19-8-6-18(24)7-9-19/h4-9,14-17,21H,10-13H2,1-3H3,(H,25,29)(H,26,28)/t16-,21-/m0/s1. The Labute approximate surface area is 204 Å². The first-order valence-electron chi connectivity index (χ1n) is 11.0. The van der Waals surface area contributed by atoms with Crippen molar-refractivity contribution in [2.75, 3.05) is 13.1 Å². The van der Waals surface area contributed by atoms with Crippen LogP contribution in [0.1, 0.15) is 43.3 Å². The van der Waals surface area contributed by atoms with Crippen LogP contribution in [0.15, 0.2) is 46.7 Å². The van der Waals surface area contributed by atoms with Gasteiger partial charge in [-0.25, -0.2) is 8.42 Å². The third-order valence-corrected chi connectivity index (χ3v) is 9.14. The summed E-state index contributed by atoms with van der Waals surface area (Å²) in [5.74, 6) is -0.461. The lowest BCUT2D eigenvalue weighted by atomic mass is 9.89. The van der Waals surface area contributed by atoms with E-state index < -0.39 is 16.1 Å². The molecule has 0 aliphatic carbocycles. The van der Waals surface area contributed by atoms with E-state index in [4.69, 9.17) is 11.6 Å². The summed E-state index contributed by atoms with van der Waals surface area (Å²) in [6.07, 6.45) is 0.928. The average Bonchev–Trinajstić information content (AvgIpc) is 3.32. The molecule has 0 spiro atoms. The quantitative estimate of drug-likeness (QED) is 0.564. The average molecular weight is 512 g/mol. The lowest BCUT2D eigenvalue weighted by molar-refractivity contribution is -0.125.